The van der Waals surface area contributed by atoms with Crippen LogP contribution in [0, 0.1) is 0 Å². The van der Waals surface area contributed by atoms with Crippen LogP contribution in [-0.4, -0.2) is 11.8 Å². The van der Waals surface area contributed by atoms with Crippen molar-refractivity contribution in [2.24, 2.45) is 5.73 Å². The molecule has 134 valence electrons. The average molecular weight is 330 g/mol. The van der Waals surface area contributed by atoms with Crippen LogP contribution >= 0.6 is 0 Å². The lowest BCUT2D eigenvalue weighted by molar-refractivity contribution is -0.118. The molecule has 2 atom stereocenters. The molecule has 2 unspecified atom stereocenters. The fraction of sp³-hybridized carbons (Fsp3) is 0.500. The highest BCUT2D eigenvalue weighted by molar-refractivity contribution is 5.80. The van der Waals surface area contributed by atoms with Gasteiger partial charge in [0.25, 0.3) is 0 Å². The van der Waals surface area contributed by atoms with Crippen molar-refractivity contribution in [2.75, 3.05) is 0 Å². The first-order valence-electron chi connectivity index (χ1n) is 9.27. The summed E-state index contributed by atoms with van der Waals surface area (Å²) in [6, 6.07) is 10.7. The molecule has 1 aliphatic rings. The Hall–Kier alpha value is -1.67. The molecule has 0 aliphatic heterocycles. The molecule has 1 aromatic rings. The topological polar surface area (TPSA) is 43.1 Å². The zero-order valence-corrected chi connectivity index (χ0v) is 15.5. The quantitative estimate of drug-likeness (QED) is 0.687. The van der Waals surface area contributed by atoms with E-state index in [9.17, 15) is 4.79 Å². The van der Waals surface area contributed by atoms with E-state index in [-0.39, 0.29) is 13.3 Å². The van der Waals surface area contributed by atoms with Gasteiger partial charge in [0.1, 0.15) is 5.78 Å². The van der Waals surface area contributed by atoms with E-state index in [0.29, 0.717) is 5.92 Å². The number of nitrogens with two attached hydrogens (primary N) is 1. The van der Waals surface area contributed by atoms with E-state index in [1.165, 1.54) is 43.7 Å². The van der Waals surface area contributed by atoms with Crippen LogP contribution in [0.15, 0.2) is 54.1 Å². The molecule has 24 heavy (non-hydrogen) atoms. The second kappa shape index (κ2) is 11.8. The monoisotopic (exact) mass is 329 g/mol. The molecule has 0 heterocycles. The van der Waals surface area contributed by atoms with Crippen molar-refractivity contribution in [3.8, 4) is 0 Å². The number of carbonyl (C=O) groups excluding carboxylic acids is 1. The standard InChI is InChI=1S/C16H20.C6H13NO.H2/c1-2-9-16(14-10-5-3-6-11-14)15-12-7-4-8-13-15;1-3-4-6(7)5(2)8;/h3,5-7,10-13,16H,2,4,8-9H2,1H3;6H,3-4,7H2,1-2H3;1H. The molecule has 0 saturated carbocycles. The number of ketones is 1. The lowest BCUT2D eigenvalue weighted by atomic mass is 9.85. The maximum atomic E-state index is 10.4. The Morgan fingerprint density at radius 3 is 2.25 bits per heavy atom. The minimum absolute atomic E-state index is 0. The predicted molar refractivity (Wildman–Crippen MR) is 106 cm³/mol. The van der Waals surface area contributed by atoms with Gasteiger partial charge in [-0.3, -0.25) is 4.79 Å². The zero-order chi connectivity index (χ0) is 17.8. The molecule has 1 aliphatic carbocycles. The van der Waals surface area contributed by atoms with E-state index in [2.05, 4.69) is 55.5 Å². The third kappa shape index (κ3) is 7.27. The Balaban J connectivity index is 0.000000552. The summed E-state index contributed by atoms with van der Waals surface area (Å²) in [7, 11) is 0. The number of hydrogen-bond donors (Lipinski definition) is 1. The van der Waals surface area contributed by atoms with Crippen molar-refractivity contribution in [3.63, 3.8) is 0 Å². The summed E-state index contributed by atoms with van der Waals surface area (Å²) >= 11 is 0. The molecule has 0 spiro atoms. The number of hydrogen-bond acceptors (Lipinski definition) is 2. The minimum Gasteiger partial charge on any atom is -0.322 e. The summed E-state index contributed by atoms with van der Waals surface area (Å²) in [6.45, 7) is 5.81. The van der Waals surface area contributed by atoms with Gasteiger partial charge in [0.2, 0.25) is 0 Å². The van der Waals surface area contributed by atoms with Gasteiger partial charge in [-0.2, -0.15) is 0 Å². The second-order valence-corrected chi connectivity index (χ2v) is 6.44. The zero-order valence-electron chi connectivity index (χ0n) is 15.5. The molecule has 0 fully saturated rings. The molecule has 2 N–H and O–H groups in total. The van der Waals surface area contributed by atoms with Crippen LogP contribution in [0.1, 0.15) is 72.2 Å². The highest BCUT2D eigenvalue weighted by Crippen LogP contribution is 2.31. The van der Waals surface area contributed by atoms with Crippen LogP contribution in [0.3, 0.4) is 0 Å². The van der Waals surface area contributed by atoms with Gasteiger partial charge < -0.3 is 5.73 Å². The van der Waals surface area contributed by atoms with Crippen LogP contribution < -0.4 is 5.73 Å². The summed E-state index contributed by atoms with van der Waals surface area (Å²) < 4.78 is 0. The lowest BCUT2D eigenvalue weighted by Gasteiger charge is -2.20. The molecule has 0 amide bonds. The summed E-state index contributed by atoms with van der Waals surface area (Å²) in [4.78, 5) is 10.4. The highest BCUT2D eigenvalue weighted by Gasteiger charge is 2.14. The predicted octanol–water partition coefficient (Wildman–Crippen LogP) is 5.80. The first-order valence-corrected chi connectivity index (χ1v) is 9.27. The molecule has 1 aromatic carbocycles. The molecule has 2 nitrogen and oxygen atoms in total. The van der Waals surface area contributed by atoms with Crippen molar-refractivity contribution < 1.29 is 6.22 Å². The first-order chi connectivity index (χ1) is 11.6. The van der Waals surface area contributed by atoms with Crippen molar-refractivity contribution in [3.05, 3.63) is 59.7 Å². The van der Waals surface area contributed by atoms with Gasteiger partial charge in [-0.05, 0) is 43.7 Å². The molecule has 2 heteroatoms. The Kier molecular flexibility index (Phi) is 10.0. The Labute approximate surface area is 149 Å². The largest absolute Gasteiger partial charge is 0.322 e. The average Bonchev–Trinajstić information content (AvgIpc) is 2.62. The normalized spacial score (nSPS) is 15.8. The van der Waals surface area contributed by atoms with Crippen molar-refractivity contribution >= 4 is 5.78 Å². The second-order valence-electron chi connectivity index (χ2n) is 6.44. The molecule has 2 rings (SSSR count). The van der Waals surface area contributed by atoms with Gasteiger partial charge in [0.05, 0.1) is 6.04 Å². The van der Waals surface area contributed by atoms with E-state index < -0.39 is 0 Å². The van der Waals surface area contributed by atoms with Crippen LogP contribution in [-0.2, 0) is 4.79 Å². The summed E-state index contributed by atoms with van der Waals surface area (Å²) in [6.07, 6.45) is 13.7. The van der Waals surface area contributed by atoms with E-state index in [1.54, 1.807) is 0 Å². The number of carbonyl (C=O) groups is 1. The minimum atomic E-state index is -0.222. The van der Waals surface area contributed by atoms with Crippen molar-refractivity contribution in [1.29, 1.82) is 0 Å². The van der Waals surface area contributed by atoms with E-state index >= 15 is 0 Å². The molecule has 0 aromatic heterocycles. The van der Waals surface area contributed by atoms with Crippen LogP contribution in [0.4, 0.5) is 0 Å². The Bertz CT molecular complexity index is 536. The fourth-order valence-electron chi connectivity index (χ4n) is 2.91. The summed E-state index contributed by atoms with van der Waals surface area (Å²) in [5.74, 6) is 0.689. The van der Waals surface area contributed by atoms with E-state index in [0.717, 1.165) is 12.8 Å². The maximum absolute atomic E-state index is 10.4. The molecular weight excluding hydrogens is 294 g/mol. The number of benzene rings is 1. The first kappa shape index (κ1) is 20.4. The smallest absolute Gasteiger partial charge is 0.146 e. The van der Waals surface area contributed by atoms with Gasteiger partial charge in [-0.1, -0.05) is 75.2 Å². The number of allylic oxidation sites excluding steroid dienone is 4. The Morgan fingerprint density at radius 2 is 1.79 bits per heavy atom. The van der Waals surface area contributed by atoms with Gasteiger partial charge >= 0.3 is 0 Å². The summed E-state index contributed by atoms with van der Waals surface area (Å²) in [5, 5.41) is 0. The van der Waals surface area contributed by atoms with Gasteiger partial charge in [-0.15, -0.1) is 0 Å². The van der Waals surface area contributed by atoms with Crippen molar-refractivity contribution in [2.45, 2.75) is 71.3 Å². The molecular formula is C22H35NO. The van der Waals surface area contributed by atoms with Crippen LogP contribution in [0.5, 0.6) is 0 Å². The number of rotatable bonds is 7. The van der Waals surface area contributed by atoms with Gasteiger partial charge in [0, 0.05) is 7.34 Å². The lowest BCUT2D eigenvalue weighted by Crippen LogP contribution is -2.27. The van der Waals surface area contributed by atoms with E-state index in [1.807, 2.05) is 6.92 Å². The SMILES string of the molecule is CCCC(C1=CCCC=C1)c1ccccc1.CCCC(N)C(C)=O.[HH]. The van der Waals surface area contributed by atoms with Gasteiger partial charge in [-0.25, -0.2) is 0 Å². The van der Waals surface area contributed by atoms with Crippen molar-refractivity contribution in [1.82, 2.24) is 0 Å². The molecule has 0 saturated heterocycles. The summed E-state index contributed by atoms with van der Waals surface area (Å²) in [5.41, 5.74) is 8.35. The van der Waals surface area contributed by atoms with Gasteiger partial charge in [0.15, 0.2) is 0 Å². The third-order valence-electron chi connectivity index (χ3n) is 4.33. The molecule has 0 radical (unpaired) electrons. The third-order valence-corrected chi connectivity index (χ3v) is 4.33. The highest BCUT2D eigenvalue weighted by atomic mass is 16.1. The Morgan fingerprint density at radius 1 is 1.12 bits per heavy atom. The molecule has 0 bridgehead atoms. The number of Topliss-reactive ketones (excluding diaryl/α,β-unsaturated/α-hetero) is 1. The fourth-order valence-corrected chi connectivity index (χ4v) is 2.91. The van der Waals surface area contributed by atoms with Crippen LogP contribution in [0.2, 0.25) is 0 Å². The maximum Gasteiger partial charge on any atom is 0.146 e. The van der Waals surface area contributed by atoms with Crippen LogP contribution in [0.25, 0.3) is 0 Å². The van der Waals surface area contributed by atoms with E-state index in [4.69, 9.17) is 5.73 Å².